The van der Waals surface area contributed by atoms with Gasteiger partial charge in [0, 0.05) is 31.2 Å². The van der Waals surface area contributed by atoms with Crippen molar-refractivity contribution in [2.45, 2.75) is 64.3 Å². The van der Waals surface area contributed by atoms with Crippen LogP contribution in [0.15, 0.2) is 48.8 Å². The fourth-order valence-corrected chi connectivity index (χ4v) is 6.04. The van der Waals surface area contributed by atoms with Gasteiger partial charge in [-0.05, 0) is 74.3 Å². The number of sulfonamides is 1. The first-order valence-corrected chi connectivity index (χ1v) is 15.0. The molecule has 204 valence electrons. The molecule has 0 amide bonds. The number of carbonyl (C=O) groups is 1. The van der Waals surface area contributed by atoms with Gasteiger partial charge in [0.15, 0.2) is 0 Å². The number of rotatable bonds is 15. The van der Waals surface area contributed by atoms with Crippen LogP contribution in [0.5, 0.6) is 5.75 Å². The molecule has 1 atom stereocenters. The van der Waals surface area contributed by atoms with E-state index >= 15 is 0 Å². The minimum Gasteiger partial charge on any atom is -0.494 e. The molecule has 2 aromatic rings. The van der Waals surface area contributed by atoms with Crippen LogP contribution >= 0.6 is 0 Å². The predicted octanol–water partition coefficient (Wildman–Crippen LogP) is 4.35. The topological polar surface area (TPSA) is 97.8 Å². The maximum Gasteiger partial charge on any atom is 0.324 e. The molecule has 8 nitrogen and oxygen atoms in total. The molecular weight excluding hydrogens is 490 g/mol. The van der Waals surface area contributed by atoms with Gasteiger partial charge in [-0.1, -0.05) is 31.9 Å². The molecule has 1 saturated heterocycles. The molecule has 0 radical (unpaired) electrons. The van der Waals surface area contributed by atoms with E-state index in [1.807, 2.05) is 43.6 Å². The summed E-state index contributed by atoms with van der Waals surface area (Å²) in [4.78, 5) is 18.7. The highest BCUT2D eigenvalue weighted by Gasteiger charge is 2.25. The first-order valence-electron chi connectivity index (χ1n) is 13.3. The summed E-state index contributed by atoms with van der Waals surface area (Å²) in [5.41, 5.74) is 2.10. The summed E-state index contributed by atoms with van der Waals surface area (Å²) < 4.78 is 37.7. The van der Waals surface area contributed by atoms with Gasteiger partial charge in [0.25, 0.3) is 0 Å². The third-order valence-corrected chi connectivity index (χ3v) is 8.32. The standard InChI is InChI=1S/C28H41N3O5S/c1-3-4-21-37(33,34)30-27(28(32)35-2)22-24-8-10-26(11-9-24)36-20-6-5-7-23-14-18-31(19-15-23)25-12-16-29-17-13-25/h8-13,16-17,23,27,30H,3-7,14-15,18-22H2,1-2H3. The Morgan fingerprint density at radius 2 is 1.78 bits per heavy atom. The maximum absolute atomic E-state index is 12.3. The molecular formula is C28H41N3O5S. The minimum absolute atomic E-state index is 0.00539. The lowest BCUT2D eigenvalue weighted by Crippen LogP contribution is -2.43. The van der Waals surface area contributed by atoms with Crippen LogP contribution in [0, 0.1) is 5.92 Å². The molecule has 0 aliphatic carbocycles. The summed E-state index contributed by atoms with van der Waals surface area (Å²) in [5, 5.41) is 0. The van der Waals surface area contributed by atoms with E-state index in [9.17, 15) is 13.2 Å². The quantitative estimate of drug-likeness (QED) is 0.269. The van der Waals surface area contributed by atoms with E-state index < -0.39 is 22.0 Å². The Morgan fingerprint density at radius 3 is 2.43 bits per heavy atom. The maximum atomic E-state index is 12.3. The van der Waals surface area contributed by atoms with Gasteiger partial charge in [-0.15, -0.1) is 0 Å². The lowest BCUT2D eigenvalue weighted by atomic mass is 9.91. The Labute approximate surface area is 221 Å². The molecule has 2 heterocycles. The van der Waals surface area contributed by atoms with Crippen LogP contribution in [0.1, 0.15) is 57.4 Å². The van der Waals surface area contributed by atoms with Gasteiger partial charge in [-0.3, -0.25) is 9.78 Å². The second-order valence-electron chi connectivity index (χ2n) is 9.69. The summed E-state index contributed by atoms with van der Waals surface area (Å²) >= 11 is 0. The van der Waals surface area contributed by atoms with E-state index in [2.05, 4.69) is 26.7 Å². The Bertz CT molecular complexity index is 1040. The number of anilines is 1. The summed E-state index contributed by atoms with van der Waals surface area (Å²) in [5.74, 6) is 0.949. The van der Waals surface area contributed by atoms with Gasteiger partial charge in [-0.25, -0.2) is 13.1 Å². The SMILES string of the molecule is CCCCS(=O)(=O)NC(Cc1ccc(OCCCCC2CCN(c3ccncc3)CC2)cc1)C(=O)OC. The van der Waals surface area contributed by atoms with Crippen LogP contribution in [-0.2, 0) is 26.0 Å². The van der Waals surface area contributed by atoms with Crippen LogP contribution in [0.3, 0.4) is 0 Å². The van der Waals surface area contributed by atoms with Crippen LogP contribution in [0.25, 0.3) is 0 Å². The fourth-order valence-electron chi connectivity index (χ4n) is 4.64. The smallest absolute Gasteiger partial charge is 0.324 e. The number of hydrogen-bond acceptors (Lipinski definition) is 7. The molecule has 0 bridgehead atoms. The Kier molecular flexibility index (Phi) is 11.7. The zero-order valence-corrected chi connectivity index (χ0v) is 22.9. The molecule has 3 rings (SSSR count). The zero-order chi connectivity index (χ0) is 26.5. The zero-order valence-electron chi connectivity index (χ0n) is 22.1. The molecule has 1 aliphatic heterocycles. The van der Waals surface area contributed by atoms with Crippen molar-refractivity contribution in [2.75, 3.05) is 37.5 Å². The number of methoxy groups -OCH3 is 1. The summed E-state index contributed by atoms with van der Waals surface area (Å²) in [6.07, 6.45) is 11.1. The Morgan fingerprint density at radius 1 is 1.08 bits per heavy atom. The van der Waals surface area contributed by atoms with E-state index in [1.165, 1.54) is 32.1 Å². The van der Waals surface area contributed by atoms with Gasteiger partial charge >= 0.3 is 5.97 Å². The lowest BCUT2D eigenvalue weighted by Gasteiger charge is -2.33. The highest BCUT2D eigenvalue weighted by molar-refractivity contribution is 7.89. The van der Waals surface area contributed by atoms with Crippen molar-refractivity contribution in [3.63, 3.8) is 0 Å². The normalized spacial score (nSPS) is 15.4. The number of ether oxygens (including phenoxy) is 2. The van der Waals surface area contributed by atoms with Crippen molar-refractivity contribution in [2.24, 2.45) is 5.92 Å². The second-order valence-corrected chi connectivity index (χ2v) is 11.6. The van der Waals surface area contributed by atoms with Crippen molar-refractivity contribution in [1.29, 1.82) is 0 Å². The van der Waals surface area contributed by atoms with Gasteiger partial charge in [0.2, 0.25) is 10.0 Å². The van der Waals surface area contributed by atoms with E-state index in [0.717, 1.165) is 49.6 Å². The second kappa shape index (κ2) is 14.9. The highest BCUT2D eigenvalue weighted by Crippen LogP contribution is 2.26. The average Bonchev–Trinajstić information content (AvgIpc) is 2.92. The van der Waals surface area contributed by atoms with Gasteiger partial charge in [0.1, 0.15) is 11.8 Å². The third-order valence-electron chi connectivity index (χ3n) is 6.86. The van der Waals surface area contributed by atoms with E-state index in [1.54, 1.807) is 0 Å². The van der Waals surface area contributed by atoms with Crippen molar-refractivity contribution in [3.8, 4) is 5.75 Å². The van der Waals surface area contributed by atoms with Crippen LogP contribution in [-0.4, -0.2) is 58.0 Å². The molecule has 0 spiro atoms. The molecule has 1 aromatic heterocycles. The van der Waals surface area contributed by atoms with Crippen molar-refractivity contribution in [1.82, 2.24) is 9.71 Å². The summed E-state index contributed by atoms with van der Waals surface area (Å²) in [7, 11) is -2.29. The van der Waals surface area contributed by atoms with Gasteiger partial charge < -0.3 is 14.4 Å². The highest BCUT2D eigenvalue weighted by atomic mass is 32.2. The number of aromatic nitrogens is 1. The lowest BCUT2D eigenvalue weighted by molar-refractivity contribution is -0.142. The number of esters is 1. The largest absolute Gasteiger partial charge is 0.494 e. The summed E-state index contributed by atoms with van der Waals surface area (Å²) in [6, 6.07) is 10.7. The molecule has 9 heteroatoms. The Hall–Kier alpha value is -2.65. The number of unbranched alkanes of at least 4 members (excludes halogenated alkanes) is 2. The van der Waals surface area contributed by atoms with E-state index in [-0.39, 0.29) is 12.2 Å². The van der Waals surface area contributed by atoms with Crippen LogP contribution in [0.2, 0.25) is 0 Å². The summed E-state index contributed by atoms with van der Waals surface area (Å²) in [6.45, 7) is 4.80. The van der Waals surface area contributed by atoms with Gasteiger partial charge in [0.05, 0.1) is 19.5 Å². The monoisotopic (exact) mass is 531 g/mol. The predicted molar refractivity (Wildman–Crippen MR) is 146 cm³/mol. The fraction of sp³-hybridized carbons (Fsp3) is 0.571. The number of nitrogens with zero attached hydrogens (tertiary/aromatic N) is 2. The Balaban J connectivity index is 1.36. The van der Waals surface area contributed by atoms with Crippen LogP contribution in [0.4, 0.5) is 5.69 Å². The van der Waals surface area contributed by atoms with Crippen molar-refractivity contribution >= 4 is 21.7 Å². The molecule has 1 aromatic carbocycles. The first-order chi connectivity index (χ1) is 17.9. The van der Waals surface area contributed by atoms with Crippen molar-refractivity contribution in [3.05, 3.63) is 54.4 Å². The number of pyridine rings is 1. The van der Waals surface area contributed by atoms with E-state index in [4.69, 9.17) is 9.47 Å². The van der Waals surface area contributed by atoms with Gasteiger partial charge in [-0.2, -0.15) is 0 Å². The number of nitrogens with one attached hydrogen (secondary N) is 1. The van der Waals surface area contributed by atoms with E-state index in [0.29, 0.717) is 13.0 Å². The van der Waals surface area contributed by atoms with Crippen LogP contribution < -0.4 is 14.4 Å². The number of carbonyl (C=O) groups excluding carboxylic acids is 1. The van der Waals surface area contributed by atoms with Crippen molar-refractivity contribution < 1.29 is 22.7 Å². The average molecular weight is 532 g/mol. The number of benzene rings is 1. The third kappa shape index (κ3) is 9.97. The number of piperidine rings is 1. The molecule has 37 heavy (non-hydrogen) atoms. The molecule has 1 fully saturated rings. The molecule has 1 N–H and O–H groups in total. The number of hydrogen-bond donors (Lipinski definition) is 1. The first kappa shape index (κ1) is 28.9. The molecule has 0 saturated carbocycles. The molecule has 1 aliphatic rings. The molecule has 1 unspecified atom stereocenters. The minimum atomic E-state index is -3.55.